The van der Waals surface area contributed by atoms with E-state index in [9.17, 15) is 9.59 Å². The Morgan fingerprint density at radius 1 is 1.40 bits per heavy atom. The first kappa shape index (κ1) is 14.3. The molecular formula is C14H20N4O2. The Kier molecular flexibility index (Phi) is 4.92. The molecule has 0 aliphatic heterocycles. The Bertz CT molecular complexity index is 486. The van der Waals surface area contributed by atoms with Crippen molar-refractivity contribution in [2.75, 3.05) is 18.9 Å². The van der Waals surface area contributed by atoms with Crippen LogP contribution in [0.1, 0.15) is 36.0 Å². The molecule has 1 aromatic heterocycles. The molecule has 1 saturated carbocycles. The van der Waals surface area contributed by atoms with Gasteiger partial charge < -0.3 is 16.0 Å². The molecule has 0 atom stereocenters. The summed E-state index contributed by atoms with van der Waals surface area (Å²) >= 11 is 0. The van der Waals surface area contributed by atoms with Crippen LogP contribution in [0.3, 0.4) is 0 Å². The highest BCUT2D eigenvalue weighted by atomic mass is 16.2. The van der Waals surface area contributed by atoms with Crippen molar-refractivity contribution in [3.8, 4) is 0 Å². The number of carbonyl (C=O) groups is 2. The smallest absolute Gasteiger partial charge is 0.254 e. The first-order valence-electron chi connectivity index (χ1n) is 6.91. The highest BCUT2D eigenvalue weighted by Gasteiger charge is 2.22. The van der Waals surface area contributed by atoms with Crippen LogP contribution in [0, 0.1) is 0 Å². The molecule has 108 valence electrons. The summed E-state index contributed by atoms with van der Waals surface area (Å²) in [4.78, 5) is 27.3. The molecule has 6 nitrogen and oxygen atoms in total. The van der Waals surface area contributed by atoms with Crippen LogP contribution in [0.4, 0.5) is 5.82 Å². The third-order valence-corrected chi connectivity index (χ3v) is 3.09. The van der Waals surface area contributed by atoms with Crippen molar-refractivity contribution in [2.24, 2.45) is 0 Å². The van der Waals surface area contributed by atoms with E-state index >= 15 is 0 Å². The quantitative estimate of drug-likeness (QED) is 0.646. The summed E-state index contributed by atoms with van der Waals surface area (Å²) < 4.78 is 0. The van der Waals surface area contributed by atoms with E-state index in [0.29, 0.717) is 36.8 Å². The van der Waals surface area contributed by atoms with Crippen LogP contribution >= 0.6 is 0 Å². The summed E-state index contributed by atoms with van der Waals surface area (Å²) in [6, 6.07) is 3.85. The molecule has 3 N–H and O–H groups in total. The fourth-order valence-corrected chi connectivity index (χ4v) is 1.85. The molecule has 20 heavy (non-hydrogen) atoms. The van der Waals surface area contributed by atoms with Crippen LogP contribution in [-0.2, 0) is 4.79 Å². The predicted octanol–water partition coefficient (Wildman–Crippen LogP) is 0.912. The molecule has 2 amide bonds. The number of anilines is 1. The fraction of sp³-hybridized carbons (Fsp3) is 0.500. The normalized spacial score (nSPS) is 13.7. The average Bonchev–Trinajstić information content (AvgIpc) is 3.27. The van der Waals surface area contributed by atoms with E-state index in [-0.39, 0.29) is 11.8 Å². The van der Waals surface area contributed by atoms with Crippen LogP contribution in [0.15, 0.2) is 18.3 Å². The molecule has 1 heterocycles. The zero-order valence-corrected chi connectivity index (χ0v) is 11.6. The molecule has 1 aliphatic carbocycles. The van der Waals surface area contributed by atoms with Gasteiger partial charge in [-0.1, -0.05) is 0 Å². The highest BCUT2D eigenvalue weighted by molar-refractivity contribution is 5.98. The second-order valence-electron chi connectivity index (χ2n) is 4.85. The van der Waals surface area contributed by atoms with Gasteiger partial charge in [0, 0.05) is 32.3 Å². The van der Waals surface area contributed by atoms with Gasteiger partial charge in [-0.2, -0.15) is 0 Å². The molecule has 0 unspecified atom stereocenters. The monoisotopic (exact) mass is 276 g/mol. The molecule has 6 heteroatoms. The van der Waals surface area contributed by atoms with Gasteiger partial charge >= 0.3 is 0 Å². The van der Waals surface area contributed by atoms with Gasteiger partial charge in [-0.05, 0) is 31.4 Å². The lowest BCUT2D eigenvalue weighted by atomic mass is 10.2. The van der Waals surface area contributed by atoms with Gasteiger partial charge in [-0.25, -0.2) is 4.98 Å². The van der Waals surface area contributed by atoms with Crippen LogP contribution in [-0.4, -0.2) is 36.4 Å². The molecular weight excluding hydrogens is 256 g/mol. The van der Waals surface area contributed by atoms with Gasteiger partial charge in [0.1, 0.15) is 5.82 Å². The Morgan fingerprint density at radius 2 is 2.20 bits per heavy atom. The van der Waals surface area contributed by atoms with Crippen molar-refractivity contribution in [2.45, 2.75) is 31.7 Å². The van der Waals surface area contributed by atoms with E-state index in [0.717, 1.165) is 12.8 Å². The number of rotatable bonds is 7. The molecule has 1 fully saturated rings. The predicted molar refractivity (Wildman–Crippen MR) is 76.5 cm³/mol. The third-order valence-electron chi connectivity index (χ3n) is 3.09. The Labute approximate surface area is 118 Å². The number of nitrogens with zero attached hydrogens (tertiary/aromatic N) is 1. The lowest BCUT2D eigenvalue weighted by Crippen LogP contribution is -2.25. The SMILES string of the molecule is CNC(=O)c1cccnc1NCCCC(=O)NC1CC1. The van der Waals surface area contributed by atoms with Crippen molar-refractivity contribution >= 4 is 17.6 Å². The molecule has 1 aromatic rings. The number of hydrogen-bond acceptors (Lipinski definition) is 4. The Hall–Kier alpha value is -2.11. The zero-order valence-electron chi connectivity index (χ0n) is 11.6. The van der Waals surface area contributed by atoms with Gasteiger partial charge in [0.05, 0.1) is 5.56 Å². The second kappa shape index (κ2) is 6.88. The van der Waals surface area contributed by atoms with E-state index < -0.39 is 0 Å². The maximum Gasteiger partial charge on any atom is 0.254 e. The van der Waals surface area contributed by atoms with Gasteiger partial charge in [0.2, 0.25) is 5.91 Å². The molecule has 0 radical (unpaired) electrons. The third kappa shape index (κ3) is 4.22. The number of carbonyl (C=O) groups excluding carboxylic acids is 2. The molecule has 2 rings (SSSR count). The van der Waals surface area contributed by atoms with Crippen LogP contribution in [0.5, 0.6) is 0 Å². The average molecular weight is 276 g/mol. The van der Waals surface area contributed by atoms with E-state index in [2.05, 4.69) is 20.9 Å². The number of hydrogen-bond donors (Lipinski definition) is 3. The lowest BCUT2D eigenvalue weighted by Gasteiger charge is -2.09. The minimum atomic E-state index is -0.174. The highest BCUT2D eigenvalue weighted by Crippen LogP contribution is 2.18. The van der Waals surface area contributed by atoms with Crippen molar-refractivity contribution in [1.82, 2.24) is 15.6 Å². The van der Waals surface area contributed by atoms with Gasteiger partial charge in [0.15, 0.2) is 0 Å². The number of pyridine rings is 1. The van der Waals surface area contributed by atoms with Gasteiger partial charge in [0.25, 0.3) is 5.91 Å². The minimum absolute atomic E-state index is 0.0989. The maximum atomic E-state index is 11.6. The van der Waals surface area contributed by atoms with Crippen molar-refractivity contribution in [3.63, 3.8) is 0 Å². The zero-order chi connectivity index (χ0) is 14.4. The topological polar surface area (TPSA) is 83.1 Å². The van der Waals surface area contributed by atoms with E-state index in [1.165, 1.54) is 0 Å². The number of amides is 2. The summed E-state index contributed by atoms with van der Waals surface area (Å²) in [6.45, 7) is 0.610. The minimum Gasteiger partial charge on any atom is -0.369 e. The van der Waals surface area contributed by atoms with Gasteiger partial charge in [-0.15, -0.1) is 0 Å². The Balaban J connectivity index is 1.75. The molecule has 0 aromatic carbocycles. The van der Waals surface area contributed by atoms with Crippen LogP contribution < -0.4 is 16.0 Å². The summed E-state index contributed by atoms with van der Waals surface area (Å²) in [7, 11) is 1.58. The van der Waals surface area contributed by atoms with Crippen LogP contribution in [0.25, 0.3) is 0 Å². The van der Waals surface area contributed by atoms with Crippen molar-refractivity contribution in [1.29, 1.82) is 0 Å². The maximum absolute atomic E-state index is 11.6. The van der Waals surface area contributed by atoms with Crippen LogP contribution in [0.2, 0.25) is 0 Å². The molecule has 0 bridgehead atoms. The van der Waals surface area contributed by atoms with Crippen molar-refractivity contribution < 1.29 is 9.59 Å². The molecule has 1 aliphatic rings. The first-order valence-corrected chi connectivity index (χ1v) is 6.91. The molecule has 0 spiro atoms. The summed E-state index contributed by atoms with van der Waals surface area (Å²) in [5.41, 5.74) is 0.512. The summed E-state index contributed by atoms with van der Waals surface area (Å²) in [6.07, 6.45) is 5.04. The van der Waals surface area contributed by atoms with E-state index in [4.69, 9.17) is 0 Å². The lowest BCUT2D eigenvalue weighted by molar-refractivity contribution is -0.121. The van der Waals surface area contributed by atoms with E-state index in [1.807, 2.05) is 0 Å². The van der Waals surface area contributed by atoms with E-state index in [1.54, 1.807) is 25.4 Å². The fourth-order valence-electron chi connectivity index (χ4n) is 1.85. The first-order chi connectivity index (χ1) is 9.70. The Morgan fingerprint density at radius 3 is 2.90 bits per heavy atom. The second-order valence-corrected chi connectivity index (χ2v) is 4.85. The summed E-state index contributed by atoms with van der Waals surface area (Å²) in [5.74, 6) is 0.475. The largest absolute Gasteiger partial charge is 0.369 e. The number of aromatic nitrogens is 1. The van der Waals surface area contributed by atoms with Crippen molar-refractivity contribution in [3.05, 3.63) is 23.9 Å². The standard InChI is InChI=1S/C14H20N4O2/c1-15-14(20)11-4-2-8-16-13(11)17-9-3-5-12(19)18-10-6-7-10/h2,4,8,10H,3,5-7,9H2,1H3,(H,15,20)(H,16,17)(H,18,19). The summed E-state index contributed by atoms with van der Waals surface area (Å²) in [5, 5.41) is 8.62. The number of nitrogens with one attached hydrogen (secondary N) is 3. The molecule has 0 saturated heterocycles. The van der Waals surface area contributed by atoms with Gasteiger partial charge in [-0.3, -0.25) is 9.59 Å².